The van der Waals surface area contributed by atoms with E-state index in [1.165, 1.54) is 5.56 Å². The van der Waals surface area contributed by atoms with Gasteiger partial charge in [0.15, 0.2) is 0 Å². The number of rotatable bonds is 4. The summed E-state index contributed by atoms with van der Waals surface area (Å²) in [7, 11) is 0. The molecular weight excluding hydrogens is 278 g/mol. The molecule has 1 aromatic rings. The van der Waals surface area contributed by atoms with Crippen LogP contribution in [0.2, 0.25) is 0 Å². The predicted molar refractivity (Wildman–Crippen MR) is 84.1 cm³/mol. The lowest BCUT2D eigenvalue weighted by atomic mass is 9.95. The number of benzene rings is 1. The molecule has 0 radical (unpaired) electrons. The molecule has 2 aliphatic heterocycles. The smallest absolute Gasteiger partial charge is 0.250 e. The Labute approximate surface area is 131 Å². The van der Waals surface area contributed by atoms with Gasteiger partial charge in [-0.1, -0.05) is 30.3 Å². The molecule has 0 saturated carbocycles. The highest BCUT2D eigenvalue weighted by Crippen LogP contribution is 2.34. The van der Waals surface area contributed by atoms with Crippen molar-refractivity contribution >= 4 is 5.91 Å². The number of carbonyl (C=O) groups is 1. The van der Waals surface area contributed by atoms with Gasteiger partial charge in [-0.15, -0.1) is 0 Å². The number of hydrogen-bond donors (Lipinski definition) is 1. The Balaban J connectivity index is 1.60. The quantitative estimate of drug-likeness (QED) is 0.930. The number of nitrogens with one attached hydrogen (secondary N) is 1. The number of carbonyl (C=O) groups excluding carboxylic acids is 1. The van der Waals surface area contributed by atoms with Crippen LogP contribution in [-0.2, 0) is 14.3 Å². The van der Waals surface area contributed by atoms with Gasteiger partial charge in [-0.25, -0.2) is 0 Å². The fourth-order valence-electron chi connectivity index (χ4n) is 3.20. The maximum atomic E-state index is 12.3. The van der Waals surface area contributed by atoms with E-state index in [4.69, 9.17) is 9.47 Å². The number of hydrogen-bond acceptors (Lipinski definition) is 3. The zero-order valence-corrected chi connectivity index (χ0v) is 13.0. The van der Waals surface area contributed by atoms with Crippen molar-refractivity contribution in [1.29, 1.82) is 0 Å². The van der Waals surface area contributed by atoms with Crippen LogP contribution in [0.1, 0.15) is 37.9 Å². The van der Waals surface area contributed by atoms with Gasteiger partial charge in [0.25, 0.3) is 5.91 Å². The minimum absolute atomic E-state index is 0.0101. The van der Waals surface area contributed by atoms with Crippen molar-refractivity contribution < 1.29 is 14.3 Å². The van der Waals surface area contributed by atoms with E-state index in [0.29, 0.717) is 12.5 Å². The first-order valence-corrected chi connectivity index (χ1v) is 8.03. The van der Waals surface area contributed by atoms with E-state index in [-0.39, 0.29) is 12.0 Å². The van der Waals surface area contributed by atoms with Gasteiger partial charge in [0.2, 0.25) is 0 Å². The molecule has 4 nitrogen and oxygen atoms in total. The van der Waals surface area contributed by atoms with Crippen LogP contribution in [0, 0.1) is 5.92 Å². The molecule has 0 aromatic heterocycles. The average Bonchev–Trinajstić information content (AvgIpc) is 3.02. The van der Waals surface area contributed by atoms with Crippen LogP contribution in [0.5, 0.6) is 0 Å². The summed E-state index contributed by atoms with van der Waals surface area (Å²) < 4.78 is 11.3. The fraction of sp³-hybridized carbons (Fsp3) is 0.500. The average molecular weight is 301 g/mol. The van der Waals surface area contributed by atoms with E-state index < -0.39 is 0 Å². The molecule has 1 aromatic carbocycles. The number of ether oxygens (including phenoxy) is 2. The van der Waals surface area contributed by atoms with Crippen LogP contribution in [0.15, 0.2) is 41.7 Å². The Bertz CT molecular complexity index is 553. The van der Waals surface area contributed by atoms with E-state index in [1.54, 1.807) is 0 Å². The standard InChI is InChI=1S/C18H23NO3/c1-13-16(8-5-10-21-13)18(20)19-12-15-9-11-22-17(15)14-6-3-2-4-7-14/h2-4,6-7,15,17H,5,8-12H2,1H3,(H,19,20)/t15-,17-/m1/s1. The highest BCUT2D eigenvalue weighted by molar-refractivity contribution is 5.93. The van der Waals surface area contributed by atoms with Crippen molar-refractivity contribution in [3.05, 3.63) is 47.2 Å². The molecule has 4 heteroatoms. The third kappa shape index (κ3) is 3.33. The van der Waals surface area contributed by atoms with Crippen molar-refractivity contribution in [3.63, 3.8) is 0 Å². The van der Waals surface area contributed by atoms with Crippen molar-refractivity contribution in [2.75, 3.05) is 19.8 Å². The van der Waals surface area contributed by atoms with Gasteiger partial charge in [-0.3, -0.25) is 4.79 Å². The molecule has 0 aliphatic carbocycles. The Hall–Kier alpha value is -1.81. The lowest BCUT2D eigenvalue weighted by Crippen LogP contribution is -2.33. The first-order chi connectivity index (χ1) is 10.8. The van der Waals surface area contributed by atoms with Crippen molar-refractivity contribution in [2.24, 2.45) is 5.92 Å². The molecule has 1 N–H and O–H groups in total. The minimum Gasteiger partial charge on any atom is -0.498 e. The molecule has 0 spiro atoms. The van der Waals surface area contributed by atoms with E-state index in [9.17, 15) is 4.79 Å². The van der Waals surface area contributed by atoms with Crippen LogP contribution in [0.4, 0.5) is 0 Å². The SMILES string of the molecule is CC1=C(C(=O)NC[C@H]2CCO[C@@H]2c2ccccc2)CCCO1. The summed E-state index contributed by atoms with van der Waals surface area (Å²) in [6, 6.07) is 10.2. The zero-order chi connectivity index (χ0) is 15.4. The highest BCUT2D eigenvalue weighted by Gasteiger charge is 2.30. The van der Waals surface area contributed by atoms with Gasteiger partial charge in [0.1, 0.15) is 5.76 Å². The van der Waals surface area contributed by atoms with Gasteiger partial charge < -0.3 is 14.8 Å². The van der Waals surface area contributed by atoms with Gasteiger partial charge >= 0.3 is 0 Å². The van der Waals surface area contributed by atoms with Gasteiger partial charge in [-0.05, 0) is 31.7 Å². The molecule has 0 unspecified atom stereocenters. The maximum absolute atomic E-state index is 12.3. The molecule has 22 heavy (non-hydrogen) atoms. The monoisotopic (exact) mass is 301 g/mol. The summed E-state index contributed by atoms with van der Waals surface area (Å²) in [5.74, 6) is 1.11. The highest BCUT2D eigenvalue weighted by atomic mass is 16.5. The number of allylic oxidation sites excluding steroid dienone is 1. The number of amides is 1. The van der Waals surface area contributed by atoms with Crippen molar-refractivity contribution in [2.45, 2.75) is 32.3 Å². The summed E-state index contributed by atoms with van der Waals surface area (Å²) >= 11 is 0. The minimum atomic E-state index is 0.0101. The molecular formula is C18H23NO3. The van der Waals surface area contributed by atoms with Crippen LogP contribution in [0.25, 0.3) is 0 Å². The van der Waals surface area contributed by atoms with Gasteiger partial charge in [-0.2, -0.15) is 0 Å². The molecule has 118 valence electrons. The summed E-state index contributed by atoms with van der Waals surface area (Å²) in [5, 5.41) is 3.07. The van der Waals surface area contributed by atoms with E-state index in [0.717, 1.165) is 43.8 Å². The van der Waals surface area contributed by atoms with Crippen molar-refractivity contribution in [3.8, 4) is 0 Å². The molecule has 2 aliphatic rings. The molecule has 0 bridgehead atoms. The van der Waals surface area contributed by atoms with E-state index >= 15 is 0 Å². The lowest BCUT2D eigenvalue weighted by molar-refractivity contribution is -0.118. The summed E-state index contributed by atoms with van der Waals surface area (Å²) in [5.41, 5.74) is 1.98. The summed E-state index contributed by atoms with van der Waals surface area (Å²) in [4.78, 5) is 12.3. The predicted octanol–water partition coefficient (Wildman–Crippen LogP) is 2.96. The maximum Gasteiger partial charge on any atom is 0.250 e. The first-order valence-electron chi connectivity index (χ1n) is 8.03. The molecule has 2 heterocycles. The lowest BCUT2D eigenvalue weighted by Gasteiger charge is -2.21. The fourth-order valence-corrected chi connectivity index (χ4v) is 3.20. The Morgan fingerprint density at radius 1 is 1.27 bits per heavy atom. The summed E-state index contributed by atoms with van der Waals surface area (Å²) in [6.45, 7) is 3.99. The largest absolute Gasteiger partial charge is 0.498 e. The van der Waals surface area contributed by atoms with Crippen LogP contribution < -0.4 is 5.32 Å². The third-order valence-electron chi connectivity index (χ3n) is 4.46. The third-order valence-corrected chi connectivity index (χ3v) is 4.46. The molecule has 1 fully saturated rings. The van der Waals surface area contributed by atoms with E-state index in [2.05, 4.69) is 17.4 Å². The second-order valence-electron chi connectivity index (χ2n) is 5.95. The topological polar surface area (TPSA) is 47.6 Å². The summed E-state index contributed by atoms with van der Waals surface area (Å²) in [6.07, 6.45) is 2.79. The first kappa shape index (κ1) is 15.1. The van der Waals surface area contributed by atoms with Crippen LogP contribution in [-0.4, -0.2) is 25.7 Å². The Morgan fingerprint density at radius 3 is 2.86 bits per heavy atom. The zero-order valence-electron chi connectivity index (χ0n) is 13.0. The van der Waals surface area contributed by atoms with Crippen LogP contribution >= 0.6 is 0 Å². The second-order valence-corrected chi connectivity index (χ2v) is 5.95. The molecule has 2 atom stereocenters. The second kappa shape index (κ2) is 6.97. The van der Waals surface area contributed by atoms with Crippen molar-refractivity contribution in [1.82, 2.24) is 5.32 Å². The Morgan fingerprint density at radius 2 is 2.09 bits per heavy atom. The molecule has 1 amide bonds. The Kier molecular flexibility index (Phi) is 4.78. The van der Waals surface area contributed by atoms with Gasteiger partial charge in [0, 0.05) is 19.1 Å². The normalized spacial score (nSPS) is 25.0. The van der Waals surface area contributed by atoms with Crippen LogP contribution in [0.3, 0.4) is 0 Å². The van der Waals surface area contributed by atoms with Gasteiger partial charge in [0.05, 0.1) is 18.3 Å². The molecule has 1 saturated heterocycles. The molecule has 3 rings (SSSR count). The van der Waals surface area contributed by atoms with E-state index in [1.807, 2.05) is 25.1 Å².